The van der Waals surface area contributed by atoms with Crippen LogP contribution in [0.25, 0.3) is 11.0 Å². The fraction of sp³-hybridized carbons (Fsp3) is 0.333. The molecule has 6 nitrogen and oxygen atoms in total. The van der Waals surface area contributed by atoms with Crippen LogP contribution >= 0.6 is 0 Å². The van der Waals surface area contributed by atoms with E-state index in [1.807, 2.05) is 42.2 Å². The molecule has 2 amide bonds. The molecule has 1 aromatic heterocycles. The molecule has 1 N–H and O–H groups in total. The summed E-state index contributed by atoms with van der Waals surface area (Å²) < 4.78 is 2.15. The molecule has 0 spiro atoms. The average Bonchev–Trinajstić information content (AvgIpc) is 2.89. The Bertz CT molecular complexity index is 964. The molecule has 0 atom stereocenters. The highest BCUT2D eigenvalue weighted by Gasteiger charge is 2.20. The van der Waals surface area contributed by atoms with Crippen molar-refractivity contribution in [2.24, 2.45) is 0 Å². The van der Waals surface area contributed by atoms with Crippen molar-refractivity contribution < 1.29 is 4.79 Å². The maximum atomic E-state index is 12.7. The third kappa shape index (κ3) is 3.47. The van der Waals surface area contributed by atoms with Crippen molar-refractivity contribution in [1.29, 1.82) is 0 Å². The van der Waals surface area contributed by atoms with Gasteiger partial charge in [0.05, 0.1) is 11.0 Å². The van der Waals surface area contributed by atoms with Crippen molar-refractivity contribution >= 4 is 22.8 Å². The minimum absolute atomic E-state index is 0.0119. The fourth-order valence-electron chi connectivity index (χ4n) is 3.73. The SMILES string of the molecule is Cc1nc2ccccc2n1CCNC(=O)N1CCN(C)c2ccccc2C1. The Morgan fingerprint density at radius 2 is 1.89 bits per heavy atom. The van der Waals surface area contributed by atoms with Crippen molar-refractivity contribution in [1.82, 2.24) is 19.8 Å². The molecule has 0 saturated carbocycles. The first-order chi connectivity index (χ1) is 13.1. The highest BCUT2D eigenvalue weighted by Crippen LogP contribution is 2.23. The van der Waals surface area contributed by atoms with Crippen LogP contribution in [-0.4, -0.2) is 47.2 Å². The maximum Gasteiger partial charge on any atom is 0.317 e. The molecule has 140 valence electrons. The summed E-state index contributed by atoms with van der Waals surface area (Å²) in [6.45, 7) is 5.47. The summed E-state index contributed by atoms with van der Waals surface area (Å²) in [6, 6.07) is 16.4. The zero-order valence-electron chi connectivity index (χ0n) is 15.9. The number of hydrogen-bond donors (Lipinski definition) is 1. The number of aromatic nitrogens is 2. The number of fused-ring (bicyclic) bond motifs is 2. The molecule has 2 aromatic carbocycles. The number of imidazole rings is 1. The monoisotopic (exact) mass is 363 g/mol. The van der Waals surface area contributed by atoms with Gasteiger partial charge in [-0.3, -0.25) is 0 Å². The number of anilines is 1. The van der Waals surface area contributed by atoms with E-state index < -0.39 is 0 Å². The van der Waals surface area contributed by atoms with Gasteiger partial charge in [-0.1, -0.05) is 30.3 Å². The van der Waals surface area contributed by atoms with E-state index >= 15 is 0 Å². The Morgan fingerprint density at radius 1 is 1.11 bits per heavy atom. The molecule has 1 aliphatic rings. The molecule has 0 fully saturated rings. The fourth-order valence-corrected chi connectivity index (χ4v) is 3.73. The van der Waals surface area contributed by atoms with Crippen molar-refractivity contribution in [3.63, 3.8) is 0 Å². The number of hydrogen-bond acceptors (Lipinski definition) is 3. The van der Waals surface area contributed by atoms with Crippen LogP contribution in [0.3, 0.4) is 0 Å². The summed E-state index contributed by atoms with van der Waals surface area (Å²) in [6.07, 6.45) is 0. The second-order valence-corrected chi connectivity index (χ2v) is 7.00. The van der Waals surface area contributed by atoms with Crippen molar-refractivity contribution in [2.75, 3.05) is 31.6 Å². The van der Waals surface area contributed by atoms with Crippen molar-refractivity contribution in [2.45, 2.75) is 20.0 Å². The number of urea groups is 1. The molecule has 1 aliphatic heterocycles. The van der Waals surface area contributed by atoms with Gasteiger partial charge in [0.15, 0.2) is 0 Å². The van der Waals surface area contributed by atoms with Gasteiger partial charge < -0.3 is 19.7 Å². The zero-order valence-corrected chi connectivity index (χ0v) is 15.9. The van der Waals surface area contributed by atoms with Gasteiger partial charge in [0.1, 0.15) is 5.82 Å². The molecule has 4 rings (SSSR count). The zero-order chi connectivity index (χ0) is 18.8. The minimum atomic E-state index is -0.0119. The van der Waals surface area contributed by atoms with E-state index in [9.17, 15) is 4.79 Å². The van der Waals surface area contributed by atoms with Crippen LogP contribution < -0.4 is 10.2 Å². The van der Waals surface area contributed by atoms with Gasteiger partial charge in [-0.15, -0.1) is 0 Å². The van der Waals surface area contributed by atoms with Gasteiger partial charge in [-0.25, -0.2) is 9.78 Å². The molecular formula is C21H25N5O. The second kappa shape index (κ2) is 7.31. The molecule has 6 heteroatoms. The summed E-state index contributed by atoms with van der Waals surface area (Å²) >= 11 is 0. The highest BCUT2D eigenvalue weighted by molar-refractivity contribution is 5.76. The van der Waals surface area contributed by atoms with E-state index in [-0.39, 0.29) is 6.03 Å². The molecule has 0 radical (unpaired) electrons. The third-order valence-corrected chi connectivity index (χ3v) is 5.21. The molecule has 27 heavy (non-hydrogen) atoms. The van der Waals surface area contributed by atoms with Crippen LogP contribution in [0.4, 0.5) is 10.5 Å². The van der Waals surface area contributed by atoms with Gasteiger partial charge in [0.2, 0.25) is 0 Å². The maximum absolute atomic E-state index is 12.7. The quantitative estimate of drug-likeness (QED) is 0.778. The Kier molecular flexibility index (Phi) is 4.71. The largest absolute Gasteiger partial charge is 0.373 e. The third-order valence-electron chi connectivity index (χ3n) is 5.21. The smallest absolute Gasteiger partial charge is 0.317 e. The predicted molar refractivity (Wildman–Crippen MR) is 108 cm³/mol. The minimum Gasteiger partial charge on any atom is -0.373 e. The molecule has 0 bridgehead atoms. The number of para-hydroxylation sites is 3. The Labute approximate surface area is 159 Å². The van der Waals surface area contributed by atoms with E-state index in [2.05, 4.69) is 45.0 Å². The summed E-state index contributed by atoms with van der Waals surface area (Å²) in [4.78, 5) is 21.4. The lowest BCUT2D eigenvalue weighted by molar-refractivity contribution is 0.197. The first kappa shape index (κ1) is 17.4. The van der Waals surface area contributed by atoms with Gasteiger partial charge in [-0.05, 0) is 30.7 Å². The van der Waals surface area contributed by atoms with E-state index in [1.54, 1.807) is 0 Å². The van der Waals surface area contributed by atoms with Gasteiger partial charge in [-0.2, -0.15) is 0 Å². The topological polar surface area (TPSA) is 53.4 Å². The number of amides is 2. The number of rotatable bonds is 3. The number of nitrogens with zero attached hydrogens (tertiary/aromatic N) is 4. The second-order valence-electron chi connectivity index (χ2n) is 7.00. The number of carbonyl (C=O) groups excluding carboxylic acids is 1. The Morgan fingerprint density at radius 3 is 2.78 bits per heavy atom. The van der Waals surface area contributed by atoms with Crippen LogP contribution in [0.15, 0.2) is 48.5 Å². The number of aryl methyl sites for hydroxylation is 1. The van der Waals surface area contributed by atoms with Crippen LogP contribution in [0.1, 0.15) is 11.4 Å². The van der Waals surface area contributed by atoms with E-state index in [1.165, 1.54) is 11.3 Å². The van der Waals surface area contributed by atoms with Gasteiger partial charge in [0, 0.05) is 45.5 Å². The summed E-state index contributed by atoms with van der Waals surface area (Å²) in [5.74, 6) is 0.968. The van der Waals surface area contributed by atoms with Crippen LogP contribution in [0.5, 0.6) is 0 Å². The Balaban J connectivity index is 1.40. The first-order valence-electron chi connectivity index (χ1n) is 9.37. The highest BCUT2D eigenvalue weighted by atomic mass is 16.2. The Hall–Kier alpha value is -3.02. The van der Waals surface area contributed by atoms with Crippen LogP contribution in [0.2, 0.25) is 0 Å². The molecule has 2 heterocycles. The molecule has 0 saturated heterocycles. The number of carbonyl (C=O) groups is 1. The van der Waals surface area contributed by atoms with Gasteiger partial charge in [0.25, 0.3) is 0 Å². The molecular weight excluding hydrogens is 338 g/mol. The van der Waals surface area contributed by atoms with Crippen molar-refractivity contribution in [3.8, 4) is 0 Å². The lowest BCUT2D eigenvalue weighted by atomic mass is 10.1. The van der Waals surface area contributed by atoms with E-state index in [0.29, 0.717) is 26.2 Å². The lowest BCUT2D eigenvalue weighted by Gasteiger charge is -2.21. The standard InChI is InChI=1S/C21H25N5O/c1-16-23-18-8-4-6-10-20(18)26(16)12-11-22-21(27)25-14-13-24(2)19-9-5-3-7-17(19)15-25/h3-10H,11-15H2,1-2H3,(H,22,27). The van der Waals surface area contributed by atoms with Crippen LogP contribution in [0, 0.1) is 6.92 Å². The number of likely N-dealkylation sites (N-methyl/N-ethyl adjacent to an activating group) is 1. The molecule has 0 aliphatic carbocycles. The van der Waals surface area contributed by atoms with Gasteiger partial charge >= 0.3 is 6.03 Å². The predicted octanol–water partition coefficient (Wildman–Crippen LogP) is 3.01. The number of nitrogens with one attached hydrogen (secondary N) is 1. The number of benzene rings is 2. The summed E-state index contributed by atoms with van der Waals surface area (Å²) in [7, 11) is 2.08. The normalized spacial score (nSPS) is 14.1. The van der Waals surface area contributed by atoms with E-state index in [0.717, 1.165) is 23.4 Å². The first-order valence-corrected chi connectivity index (χ1v) is 9.37. The molecule has 0 unspecified atom stereocenters. The molecule has 3 aromatic rings. The van der Waals surface area contributed by atoms with Crippen LogP contribution in [-0.2, 0) is 13.1 Å². The van der Waals surface area contributed by atoms with E-state index in [4.69, 9.17) is 0 Å². The summed E-state index contributed by atoms with van der Waals surface area (Å²) in [5, 5.41) is 3.08. The van der Waals surface area contributed by atoms with Crippen molar-refractivity contribution in [3.05, 3.63) is 59.9 Å². The summed E-state index contributed by atoms with van der Waals surface area (Å²) in [5.41, 5.74) is 4.49. The average molecular weight is 363 g/mol. The lowest BCUT2D eigenvalue weighted by Crippen LogP contribution is -2.42.